The fourth-order valence-corrected chi connectivity index (χ4v) is 3.63. The predicted molar refractivity (Wildman–Crippen MR) is 93.3 cm³/mol. The van der Waals surface area contributed by atoms with Crippen LogP contribution in [-0.4, -0.2) is 26.5 Å². The highest BCUT2D eigenvalue weighted by molar-refractivity contribution is 7.89. The van der Waals surface area contributed by atoms with E-state index in [0.717, 1.165) is 6.07 Å². The number of benzene rings is 1. The molecule has 0 saturated heterocycles. The molecular formula is C16H14N2O6S2. The molecule has 10 heteroatoms. The van der Waals surface area contributed by atoms with Gasteiger partial charge < -0.3 is 13.9 Å². The average Bonchev–Trinajstić information content (AvgIpc) is 3.29. The van der Waals surface area contributed by atoms with Crippen molar-refractivity contribution in [3.8, 4) is 16.5 Å². The first kappa shape index (κ1) is 18.1. The number of esters is 1. The molecular weight excluding hydrogens is 380 g/mol. The van der Waals surface area contributed by atoms with Crippen LogP contribution in [-0.2, 0) is 21.4 Å². The van der Waals surface area contributed by atoms with Crippen molar-refractivity contribution in [2.75, 3.05) is 7.11 Å². The van der Waals surface area contributed by atoms with Crippen LogP contribution < -0.4 is 9.88 Å². The van der Waals surface area contributed by atoms with Crippen LogP contribution >= 0.6 is 11.3 Å². The molecule has 136 valence electrons. The Morgan fingerprint density at radius 3 is 2.81 bits per heavy atom. The molecule has 0 spiro atoms. The molecule has 8 nitrogen and oxygen atoms in total. The number of rotatable bonds is 6. The lowest BCUT2D eigenvalue weighted by atomic mass is 10.2. The first-order valence-electron chi connectivity index (χ1n) is 7.24. The SMILES string of the molecule is COc1ccc(C(=O)OCc2csc(-c3ccco3)n2)cc1S(N)(=O)=O. The van der Waals surface area contributed by atoms with Crippen LogP contribution in [0.2, 0.25) is 0 Å². The topological polar surface area (TPSA) is 122 Å². The minimum Gasteiger partial charge on any atom is -0.495 e. The Kier molecular flexibility index (Phi) is 5.07. The summed E-state index contributed by atoms with van der Waals surface area (Å²) in [7, 11) is -2.74. The lowest BCUT2D eigenvalue weighted by Crippen LogP contribution is -2.15. The van der Waals surface area contributed by atoms with Gasteiger partial charge in [-0.3, -0.25) is 0 Å². The number of methoxy groups -OCH3 is 1. The van der Waals surface area contributed by atoms with Crippen molar-refractivity contribution < 1.29 is 27.1 Å². The molecule has 0 atom stereocenters. The summed E-state index contributed by atoms with van der Waals surface area (Å²) in [4.78, 5) is 16.2. The van der Waals surface area contributed by atoms with Gasteiger partial charge >= 0.3 is 5.97 Å². The van der Waals surface area contributed by atoms with Crippen molar-refractivity contribution >= 4 is 27.3 Å². The van der Waals surface area contributed by atoms with Gasteiger partial charge in [-0.05, 0) is 30.3 Å². The van der Waals surface area contributed by atoms with Crippen molar-refractivity contribution in [1.82, 2.24) is 4.98 Å². The van der Waals surface area contributed by atoms with E-state index in [-0.39, 0.29) is 22.8 Å². The average molecular weight is 394 g/mol. The van der Waals surface area contributed by atoms with Gasteiger partial charge in [0.2, 0.25) is 10.0 Å². The largest absolute Gasteiger partial charge is 0.495 e. The third-order valence-electron chi connectivity index (χ3n) is 3.34. The Morgan fingerprint density at radius 2 is 2.15 bits per heavy atom. The summed E-state index contributed by atoms with van der Waals surface area (Å²) in [5.41, 5.74) is 0.589. The van der Waals surface area contributed by atoms with E-state index in [2.05, 4.69) is 4.98 Å². The molecule has 26 heavy (non-hydrogen) atoms. The Labute approximate surface area is 153 Å². The summed E-state index contributed by atoms with van der Waals surface area (Å²) in [5, 5.41) is 7.55. The third-order valence-corrected chi connectivity index (χ3v) is 5.18. The fraction of sp³-hybridized carbons (Fsp3) is 0.125. The molecule has 0 aliphatic carbocycles. The van der Waals surface area contributed by atoms with Crippen molar-refractivity contribution in [2.24, 2.45) is 5.14 Å². The maximum Gasteiger partial charge on any atom is 0.338 e. The second kappa shape index (κ2) is 7.28. The molecule has 2 N–H and O–H groups in total. The molecule has 0 aliphatic rings. The number of thiazole rings is 1. The number of carbonyl (C=O) groups is 1. The summed E-state index contributed by atoms with van der Waals surface area (Å²) >= 11 is 1.36. The zero-order chi connectivity index (χ0) is 18.7. The van der Waals surface area contributed by atoms with E-state index < -0.39 is 16.0 Å². The smallest absolute Gasteiger partial charge is 0.338 e. The standard InChI is InChI=1S/C16H14N2O6S2/c1-22-12-5-4-10(7-14(12)26(17,20)21)16(19)24-8-11-9-25-15(18-11)13-3-2-6-23-13/h2-7,9H,8H2,1H3,(H2,17,20,21). The molecule has 0 aliphatic heterocycles. The maximum absolute atomic E-state index is 12.2. The van der Waals surface area contributed by atoms with Gasteiger partial charge in [-0.25, -0.2) is 23.3 Å². The molecule has 1 aromatic carbocycles. The number of sulfonamides is 1. The molecule has 0 saturated carbocycles. The highest BCUT2D eigenvalue weighted by Crippen LogP contribution is 2.26. The summed E-state index contributed by atoms with van der Waals surface area (Å²) in [6, 6.07) is 7.38. The predicted octanol–water partition coefficient (Wildman–Crippen LogP) is 2.42. The molecule has 0 amide bonds. The number of carbonyl (C=O) groups excluding carboxylic acids is 1. The highest BCUT2D eigenvalue weighted by atomic mass is 32.2. The number of primary sulfonamides is 1. The monoisotopic (exact) mass is 394 g/mol. The van der Waals surface area contributed by atoms with E-state index in [1.807, 2.05) is 0 Å². The van der Waals surface area contributed by atoms with Crippen LogP contribution in [0.15, 0.2) is 51.3 Å². The summed E-state index contributed by atoms with van der Waals surface area (Å²) in [5.74, 6) is -0.0303. The zero-order valence-electron chi connectivity index (χ0n) is 13.5. The van der Waals surface area contributed by atoms with Gasteiger partial charge in [-0.2, -0.15) is 0 Å². The van der Waals surface area contributed by atoms with Crippen molar-refractivity contribution in [3.63, 3.8) is 0 Å². The Bertz CT molecular complexity index is 1020. The van der Waals surface area contributed by atoms with Crippen molar-refractivity contribution in [3.05, 3.63) is 53.2 Å². The minimum atomic E-state index is -4.04. The number of aromatic nitrogens is 1. The molecule has 2 heterocycles. The number of furan rings is 1. The maximum atomic E-state index is 12.2. The lowest BCUT2D eigenvalue weighted by Gasteiger charge is -2.09. The summed E-state index contributed by atoms with van der Waals surface area (Å²) < 4.78 is 38.6. The van der Waals surface area contributed by atoms with Crippen LogP contribution in [0.4, 0.5) is 0 Å². The fourth-order valence-electron chi connectivity index (χ4n) is 2.14. The number of nitrogens with zero attached hydrogens (tertiary/aromatic N) is 1. The van der Waals surface area contributed by atoms with Crippen LogP contribution in [0, 0.1) is 0 Å². The van der Waals surface area contributed by atoms with E-state index in [4.69, 9.17) is 19.0 Å². The molecule has 2 aromatic heterocycles. The van der Waals surface area contributed by atoms with E-state index in [1.165, 1.54) is 30.6 Å². The Hall–Kier alpha value is -2.69. The van der Waals surface area contributed by atoms with Crippen molar-refractivity contribution in [1.29, 1.82) is 0 Å². The minimum absolute atomic E-state index is 0.0383. The van der Waals surface area contributed by atoms with Crippen molar-refractivity contribution in [2.45, 2.75) is 11.5 Å². The van der Waals surface area contributed by atoms with Gasteiger partial charge in [-0.1, -0.05) is 0 Å². The zero-order valence-corrected chi connectivity index (χ0v) is 15.2. The second-order valence-electron chi connectivity index (χ2n) is 5.11. The molecule has 3 rings (SSSR count). The summed E-state index contributed by atoms with van der Waals surface area (Å²) in [6.45, 7) is -0.0627. The van der Waals surface area contributed by atoms with Gasteiger partial charge in [0.05, 0.1) is 24.6 Å². The number of hydrogen-bond acceptors (Lipinski definition) is 8. The van der Waals surface area contributed by atoms with E-state index in [9.17, 15) is 13.2 Å². The van der Waals surface area contributed by atoms with Crippen LogP contribution in [0.3, 0.4) is 0 Å². The highest BCUT2D eigenvalue weighted by Gasteiger charge is 2.19. The Morgan fingerprint density at radius 1 is 1.35 bits per heavy atom. The molecule has 0 radical (unpaired) electrons. The molecule has 0 unspecified atom stereocenters. The third kappa shape index (κ3) is 3.93. The normalized spacial score (nSPS) is 11.3. The Balaban J connectivity index is 1.73. The van der Waals surface area contributed by atoms with Crippen LogP contribution in [0.5, 0.6) is 5.75 Å². The van der Waals surface area contributed by atoms with E-state index >= 15 is 0 Å². The van der Waals surface area contributed by atoms with Crippen LogP contribution in [0.25, 0.3) is 10.8 Å². The van der Waals surface area contributed by atoms with Crippen LogP contribution in [0.1, 0.15) is 16.1 Å². The molecule has 0 bridgehead atoms. The van der Waals surface area contributed by atoms with Gasteiger partial charge in [0, 0.05) is 5.38 Å². The molecule has 3 aromatic rings. The second-order valence-corrected chi connectivity index (χ2v) is 7.50. The van der Waals surface area contributed by atoms with Gasteiger partial charge in [0.1, 0.15) is 17.3 Å². The van der Waals surface area contributed by atoms with Gasteiger partial charge in [0.15, 0.2) is 10.8 Å². The van der Waals surface area contributed by atoms with Gasteiger partial charge in [0.25, 0.3) is 0 Å². The first-order valence-corrected chi connectivity index (χ1v) is 9.67. The first-order chi connectivity index (χ1) is 12.4. The number of nitrogens with two attached hydrogens (primary N) is 1. The quantitative estimate of drug-likeness (QED) is 0.637. The van der Waals surface area contributed by atoms with Gasteiger partial charge in [-0.15, -0.1) is 11.3 Å². The summed E-state index contributed by atoms with van der Waals surface area (Å²) in [6.07, 6.45) is 1.54. The lowest BCUT2D eigenvalue weighted by molar-refractivity contribution is 0.0468. The number of hydrogen-bond donors (Lipinski definition) is 1. The number of ether oxygens (including phenoxy) is 2. The molecule has 0 fully saturated rings. The van der Waals surface area contributed by atoms with E-state index in [0.29, 0.717) is 16.5 Å². The van der Waals surface area contributed by atoms with E-state index in [1.54, 1.807) is 23.8 Å².